The van der Waals surface area contributed by atoms with Crippen molar-refractivity contribution in [2.45, 2.75) is 95.5 Å². The van der Waals surface area contributed by atoms with Gasteiger partial charge in [-0.05, 0) is 62.3 Å². The van der Waals surface area contributed by atoms with Crippen LogP contribution in [0.4, 0.5) is 0 Å². The first-order valence-electron chi connectivity index (χ1n) is 15.6. The van der Waals surface area contributed by atoms with E-state index in [1.165, 1.54) is 21.4 Å². The number of ether oxygens (including phenoxy) is 1. The maximum Gasteiger partial charge on any atom is 0.281 e. The lowest BCUT2D eigenvalue weighted by Crippen LogP contribution is -2.71. The van der Waals surface area contributed by atoms with Crippen molar-refractivity contribution in [3.05, 3.63) is 35.5 Å². The molecule has 3 unspecified atom stereocenters. The van der Waals surface area contributed by atoms with Crippen LogP contribution in [0.5, 0.6) is 0 Å². The van der Waals surface area contributed by atoms with Crippen molar-refractivity contribution in [1.29, 1.82) is 0 Å². The number of nitrogens with one attached hydrogen (secondary N) is 2. The highest BCUT2D eigenvalue weighted by atomic mass is 16.7. The lowest BCUT2D eigenvalue weighted by Gasteiger charge is -2.49. The summed E-state index contributed by atoms with van der Waals surface area (Å²) in [5.74, 6) is -3.48. The third kappa shape index (κ3) is 3.77. The predicted octanol–water partition coefficient (Wildman–Crippen LogP) is 2.52. The number of amides is 3. The Morgan fingerprint density at radius 3 is 2.76 bits per heavy atom. The minimum absolute atomic E-state index is 0.116. The number of fused-ring (bicyclic) bond motifs is 5. The van der Waals surface area contributed by atoms with Crippen molar-refractivity contribution in [2.24, 2.45) is 17.8 Å². The van der Waals surface area contributed by atoms with Gasteiger partial charge >= 0.3 is 0 Å². The van der Waals surface area contributed by atoms with Crippen LogP contribution in [0.1, 0.15) is 70.4 Å². The molecular weight excluding hydrogens is 534 g/mol. The van der Waals surface area contributed by atoms with Crippen LogP contribution in [0, 0.1) is 17.8 Å². The van der Waals surface area contributed by atoms with Gasteiger partial charge in [0.15, 0.2) is 0 Å². The second kappa shape index (κ2) is 9.53. The number of H-pyrrole nitrogens is 1. The van der Waals surface area contributed by atoms with E-state index in [1.807, 2.05) is 27.7 Å². The summed E-state index contributed by atoms with van der Waals surface area (Å²) in [6.45, 7) is 8.73. The van der Waals surface area contributed by atoms with E-state index in [4.69, 9.17) is 4.74 Å². The Hall–Kier alpha value is -2.95. The van der Waals surface area contributed by atoms with Crippen molar-refractivity contribution in [3.8, 4) is 0 Å². The Balaban J connectivity index is 1.20. The Labute approximate surface area is 246 Å². The highest BCUT2D eigenvalue weighted by molar-refractivity contribution is 5.97. The zero-order chi connectivity index (χ0) is 29.7. The molecule has 3 N–H and O–H groups in total. The van der Waals surface area contributed by atoms with Gasteiger partial charge in [0.25, 0.3) is 11.8 Å². The van der Waals surface area contributed by atoms with Crippen molar-refractivity contribution in [1.82, 2.24) is 25.0 Å². The summed E-state index contributed by atoms with van der Waals surface area (Å²) >= 11 is 0. The van der Waals surface area contributed by atoms with E-state index in [1.54, 1.807) is 4.90 Å². The molecule has 42 heavy (non-hydrogen) atoms. The molecule has 4 fully saturated rings. The zero-order valence-corrected chi connectivity index (χ0v) is 25.2. The quantitative estimate of drug-likeness (QED) is 0.503. The Morgan fingerprint density at radius 1 is 1.24 bits per heavy atom. The first-order chi connectivity index (χ1) is 20.0. The maximum absolute atomic E-state index is 14.4. The van der Waals surface area contributed by atoms with E-state index in [0.29, 0.717) is 32.4 Å². The normalized spacial score (nSPS) is 36.1. The number of hydrogen-bond acceptors (Lipinski definition) is 6. The first kappa shape index (κ1) is 27.9. The molecule has 1 aromatic heterocycles. The topological polar surface area (TPSA) is 118 Å². The molecule has 7 atom stereocenters. The van der Waals surface area contributed by atoms with E-state index in [0.717, 1.165) is 18.4 Å². The molecule has 10 nitrogen and oxygen atoms in total. The number of likely N-dealkylation sites (N-methyl/N-ethyl adjacent to an activating group) is 1. The molecule has 1 aliphatic carbocycles. The number of piperidine rings is 1. The Kier molecular flexibility index (Phi) is 6.32. The molecular formula is C32H43N5O5. The minimum Gasteiger partial charge on any atom is -0.361 e. The van der Waals surface area contributed by atoms with Crippen LogP contribution in [0.2, 0.25) is 0 Å². The van der Waals surface area contributed by atoms with Gasteiger partial charge in [-0.1, -0.05) is 39.8 Å². The number of aliphatic hydroxyl groups is 1. The van der Waals surface area contributed by atoms with Gasteiger partial charge in [0.2, 0.25) is 17.5 Å². The van der Waals surface area contributed by atoms with Gasteiger partial charge in [0.1, 0.15) is 12.1 Å². The van der Waals surface area contributed by atoms with Crippen LogP contribution >= 0.6 is 0 Å². The number of nitrogens with zero attached hydrogens (tertiary/aromatic N) is 3. The summed E-state index contributed by atoms with van der Waals surface area (Å²) in [6, 6.07) is 5.13. The van der Waals surface area contributed by atoms with Crippen molar-refractivity contribution in [2.75, 3.05) is 20.1 Å². The van der Waals surface area contributed by atoms with Crippen LogP contribution < -0.4 is 5.32 Å². The van der Waals surface area contributed by atoms with Crippen molar-refractivity contribution >= 4 is 28.6 Å². The molecule has 0 bridgehead atoms. The van der Waals surface area contributed by atoms with Gasteiger partial charge in [-0.15, -0.1) is 0 Å². The second-order valence-corrected chi connectivity index (χ2v) is 14.0. The third-order valence-electron chi connectivity index (χ3n) is 10.7. The van der Waals surface area contributed by atoms with Gasteiger partial charge in [0, 0.05) is 48.1 Å². The van der Waals surface area contributed by atoms with E-state index in [2.05, 4.69) is 46.6 Å². The number of carbonyl (C=O) groups excluding carboxylic acids is 3. The second-order valence-electron chi connectivity index (χ2n) is 14.0. The number of piperazine rings is 1. The lowest BCUT2D eigenvalue weighted by atomic mass is 9.72. The molecule has 5 heterocycles. The monoisotopic (exact) mass is 577 g/mol. The van der Waals surface area contributed by atoms with Crippen LogP contribution in [0.25, 0.3) is 10.9 Å². The fourth-order valence-electron chi connectivity index (χ4n) is 8.63. The molecule has 5 aliphatic rings. The molecule has 226 valence electrons. The van der Waals surface area contributed by atoms with Gasteiger partial charge in [-0.2, -0.15) is 0 Å². The molecule has 10 heteroatoms. The molecule has 0 saturated carbocycles. The van der Waals surface area contributed by atoms with E-state index in [9.17, 15) is 19.5 Å². The fourth-order valence-corrected chi connectivity index (χ4v) is 8.63. The standard InChI is InChI=1S/C32H43N5O5/c1-17(2)12-25-29(39)36-11-7-10-26(36)32(41)37(25)30(40)31(42-32,18(3)4)34-28(38)20-13-22-21-8-6-9-23-27(21)19(15-33-23)14-24(22)35(5)16-20/h6,8-9,15,17-18,20,22,24-26,33,41H,7,10-14,16H2,1-5H3,(H,34,38)/t20?,22?,24?,25-,26-,31+,32-/m0/s1. The molecule has 3 amide bonds. The smallest absolute Gasteiger partial charge is 0.281 e. The number of aromatic amines is 1. The average molecular weight is 578 g/mol. The summed E-state index contributed by atoms with van der Waals surface area (Å²) in [6.07, 6.45) is 5.36. The number of benzene rings is 1. The summed E-state index contributed by atoms with van der Waals surface area (Å²) in [7, 11) is 2.07. The number of likely N-dealkylation sites (tertiary alicyclic amines) is 1. The fraction of sp³-hybridized carbons (Fsp3) is 0.656. The van der Waals surface area contributed by atoms with E-state index in [-0.39, 0.29) is 35.6 Å². The molecule has 4 saturated heterocycles. The van der Waals surface area contributed by atoms with Gasteiger partial charge < -0.3 is 25.2 Å². The highest BCUT2D eigenvalue weighted by Gasteiger charge is 2.72. The van der Waals surface area contributed by atoms with Crippen molar-refractivity contribution in [3.63, 3.8) is 0 Å². The molecule has 0 radical (unpaired) electrons. The molecule has 7 rings (SSSR count). The number of rotatable bonds is 5. The summed E-state index contributed by atoms with van der Waals surface area (Å²) in [5.41, 5.74) is 1.93. The molecule has 0 spiro atoms. The Bertz CT molecular complexity index is 1450. The summed E-state index contributed by atoms with van der Waals surface area (Å²) in [5, 5.41) is 16.4. The molecule has 1 aromatic carbocycles. The van der Waals surface area contributed by atoms with Crippen LogP contribution in [-0.4, -0.2) is 92.4 Å². The zero-order valence-electron chi connectivity index (χ0n) is 25.2. The summed E-state index contributed by atoms with van der Waals surface area (Å²) in [4.78, 5) is 50.8. The lowest BCUT2D eigenvalue weighted by molar-refractivity contribution is -0.322. The Morgan fingerprint density at radius 2 is 2.02 bits per heavy atom. The maximum atomic E-state index is 14.4. The number of hydrogen-bond donors (Lipinski definition) is 3. The molecule has 4 aliphatic heterocycles. The van der Waals surface area contributed by atoms with Gasteiger partial charge in [-0.25, -0.2) is 0 Å². The third-order valence-corrected chi connectivity index (χ3v) is 10.7. The number of carbonyl (C=O) groups is 3. The molecule has 2 aromatic rings. The number of aromatic nitrogens is 1. The van der Waals surface area contributed by atoms with Gasteiger partial charge in [0.05, 0.1) is 5.92 Å². The average Bonchev–Trinajstić information content (AvgIpc) is 3.65. The van der Waals surface area contributed by atoms with E-state index >= 15 is 0 Å². The van der Waals surface area contributed by atoms with Crippen LogP contribution in [-0.2, 0) is 25.5 Å². The van der Waals surface area contributed by atoms with Crippen molar-refractivity contribution < 1.29 is 24.2 Å². The SMILES string of the molecule is CC(C)C[C@H]1C(=O)N2CCC[C@H]2[C@]2(O)O[C@](NC(=O)C3CC4c5cccc6[nH]cc(c56)CC4N(C)C3)(C(C)C)C(=O)N12. The predicted molar refractivity (Wildman–Crippen MR) is 156 cm³/mol. The summed E-state index contributed by atoms with van der Waals surface area (Å²) < 4.78 is 6.45. The largest absolute Gasteiger partial charge is 0.361 e. The van der Waals surface area contributed by atoms with Crippen LogP contribution in [0.3, 0.4) is 0 Å². The van der Waals surface area contributed by atoms with E-state index < -0.39 is 35.5 Å². The minimum atomic E-state index is -1.99. The first-order valence-corrected chi connectivity index (χ1v) is 15.6. The van der Waals surface area contributed by atoms with Crippen LogP contribution in [0.15, 0.2) is 24.4 Å². The van der Waals surface area contributed by atoms with Gasteiger partial charge in [-0.3, -0.25) is 24.0 Å². The highest BCUT2D eigenvalue weighted by Crippen LogP contribution is 2.49.